The molecule has 2 aromatic carbocycles. The van der Waals surface area contributed by atoms with Gasteiger partial charge in [-0.25, -0.2) is 4.39 Å². The fraction of sp³-hybridized carbons (Fsp3) is 0.294. The van der Waals surface area contributed by atoms with Gasteiger partial charge in [0.1, 0.15) is 6.67 Å². The number of hydrogen-bond acceptors (Lipinski definition) is 2. The van der Waals surface area contributed by atoms with Gasteiger partial charge in [-0.1, -0.05) is 30.3 Å². The van der Waals surface area contributed by atoms with Crippen molar-refractivity contribution in [2.45, 2.75) is 25.9 Å². The van der Waals surface area contributed by atoms with Crippen LogP contribution in [0.1, 0.15) is 22.3 Å². The maximum absolute atomic E-state index is 13.3. The number of anilines is 2. The summed E-state index contributed by atoms with van der Waals surface area (Å²) in [4.78, 5) is 3.68. The van der Waals surface area contributed by atoms with Gasteiger partial charge in [0.05, 0.1) is 17.9 Å². The van der Waals surface area contributed by atoms with Gasteiger partial charge in [-0.3, -0.25) is 0 Å². The summed E-state index contributed by atoms with van der Waals surface area (Å²) in [5.41, 5.74) is 2.58. The lowest BCUT2D eigenvalue weighted by Crippen LogP contribution is -2.47. The van der Waals surface area contributed by atoms with Gasteiger partial charge in [-0.05, 0) is 17.2 Å². The Hall–Kier alpha value is -2.24. The zero-order valence-corrected chi connectivity index (χ0v) is 12.2. The van der Waals surface area contributed by atoms with E-state index in [-0.39, 0.29) is 5.69 Å². The molecule has 23 heavy (non-hydrogen) atoms. The van der Waals surface area contributed by atoms with Gasteiger partial charge < -0.3 is 9.80 Å². The first-order valence-electron chi connectivity index (χ1n) is 7.35. The van der Waals surface area contributed by atoms with Crippen LogP contribution in [0, 0.1) is 0 Å². The monoisotopic (exact) mass is 322 g/mol. The standard InChI is InChI=1S/C17H14F4N2/c18-7-11-3-1-4-12-8-23-10-22(15(11)12)9-13-5-2-6-14(16(13)23)17(19,20)21/h1-6H,7-10H2. The van der Waals surface area contributed by atoms with Crippen molar-refractivity contribution in [3.63, 3.8) is 0 Å². The SMILES string of the molecule is FCc1cccc2c1N1Cc3cccc(C(F)(F)F)c3N(C2)C1. The predicted molar refractivity (Wildman–Crippen MR) is 79.9 cm³/mol. The molecule has 2 heterocycles. The van der Waals surface area contributed by atoms with Crippen LogP contribution in [0.15, 0.2) is 36.4 Å². The topological polar surface area (TPSA) is 6.48 Å². The van der Waals surface area contributed by atoms with Gasteiger partial charge in [0.15, 0.2) is 0 Å². The second-order valence-electron chi connectivity index (χ2n) is 5.91. The maximum atomic E-state index is 13.3. The zero-order chi connectivity index (χ0) is 16.2. The molecule has 2 bridgehead atoms. The van der Waals surface area contributed by atoms with Crippen LogP contribution in [-0.4, -0.2) is 6.67 Å². The van der Waals surface area contributed by atoms with E-state index in [0.29, 0.717) is 30.9 Å². The summed E-state index contributed by atoms with van der Waals surface area (Å²) in [6, 6.07) is 9.63. The third kappa shape index (κ3) is 2.16. The van der Waals surface area contributed by atoms with Crippen molar-refractivity contribution in [2.24, 2.45) is 0 Å². The van der Waals surface area contributed by atoms with E-state index in [0.717, 1.165) is 17.3 Å². The predicted octanol–water partition coefficient (Wildman–Crippen LogP) is 4.47. The van der Waals surface area contributed by atoms with Crippen LogP contribution in [0.3, 0.4) is 0 Å². The second-order valence-corrected chi connectivity index (χ2v) is 5.91. The van der Waals surface area contributed by atoms with Gasteiger partial charge in [-0.2, -0.15) is 13.2 Å². The molecule has 2 aliphatic rings. The smallest absolute Gasteiger partial charge is 0.349 e. The molecule has 0 saturated heterocycles. The average molecular weight is 322 g/mol. The molecule has 0 N–H and O–H groups in total. The van der Waals surface area contributed by atoms with Crippen molar-refractivity contribution in [1.29, 1.82) is 0 Å². The van der Waals surface area contributed by atoms with Crippen molar-refractivity contribution < 1.29 is 17.6 Å². The lowest BCUT2D eigenvalue weighted by Gasteiger charge is -2.46. The Balaban J connectivity index is 1.86. The maximum Gasteiger partial charge on any atom is 0.418 e. The summed E-state index contributed by atoms with van der Waals surface area (Å²) < 4.78 is 53.2. The minimum absolute atomic E-state index is 0.257. The summed E-state index contributed by atoms with van der Waals surface area (Å²) in [6.45, 7) is 0.499. The average Bonchev–Trinajstić information content (AvgIpc) is 2.52. The Morgan fingerprint density at radius 2 is 1.48 bits per heavy atom. The van der Waals surface area contributed by atoms with E-state index in [1.807, 2.05) is 11.0 Å². The molecule has 0 atom stereocenters. The van der Waals surface area contributed by atoms with Crippen LogP contribution >= 0.6 is 0 Å². The molecule has 2 nitrogen and oxygen atoms in total. The van der Waals surface area contributed by atoms with E-state index in [9.17, 15) is 17.6 Å². The number of nitrogens with zero attached hydrogens (tertiary/aromatic N) is 2. The number of rotatable bonds is 1. The summed E-state index contributed by atoms with van der Waals surface area (Å²) in [7, 11) is 0. The van der Waals surface area contributed by atoms with Crippen LogP contribution in [0.2, 0.25) is 0 Å². The van der Waals surface area contributed by atoms with E-state index in [4.69, 9.17) is 0 Å². The number of fused-ring (bicyclic) bond motifs is 6. The Kier molecular flexibility index (Phi) is 3.04. The van der Waals surface area contributed by atoms with E-state index < -0.39 is 18.4 Å². The molecule has 6 heteroatoms. The van der Waals surface area contributed by atoms with E-state index in [1.54, 1.807) is 23.1 Å². The fourth-order valence-corrected chi connectivity index (χ4v) is 3.62. The number of hydrogen-bond donors (Lipinski definition) is 0. The van der Waals surface area contributed by atoms with Crippen LogP contribution in [0.5, 0.6) is 0 Å². The van der Waals surface area contributed by atoms with Crippen molar-refractivity contribution in [2.75, 3.05) is 16.5 Å². The van der Waals surface area contributed by atoms with Crippen molar-refractivity contribution >= 4 is 11.4 Å². The quantitative estimate of drug-likeness (QED) is 0.715. The zero-order valence-electron chi connectivity index (χ0n) is 12.2. The third-order valence-corrected chi connectivity index (χ3v) is 4.47. The number of alkyl halides is 4. The highest BCUT2D eigenvalue weighted by atomic mass is 19.4. The molecule has 2 aliphatic heterocycles. The summed E-state index contributed by atoms with van der Waals surface area (Å²) in [6.07, 6.45) is -4.38. The molecule has 0 aliphatic carbocycles. The molecular formula is C17H14F4N2. The highest BCUT2D eigenvalue weighted by molar-refractivity contribution is 5.72. The molecule has 0 radical (unpaired) electrons. The van der Waals surface area contributed by atoms with Crippen LogP contribution in [0.4, 0.5) is 28.9 Å². The first-order valence-corrected chi connectivity index (χ1v) is 7.35. The van der Waals surface area contributed by atoms with Crippen LogP contribution in [0.25, 0.3) is 0 Å². The van der Waals surface area contributed by atoms with E-state index in [1.165, 1.54) is 6.07 Å². The number of benzene rings is 2. The van der Waals surface area contributed by atoms with Crippen molar-refractivity contribution in [1.82, 2.24) is 0 Å². The molecular weight excluding hydrogens is 308 g/mol. The lowest BCUT2D eigenvalue weighted by atomic mass is 9.96. The molecule has 4 rings (SSSR count). The van der Waals surface area contributed by atoms with Crippen molar-refractivity contribution in [3.8, 4) is 0 Å². The molecule has 0 fully saturated rings. The highest BCUT2D eigenvalue weighted by Crippen LogP contribution is 2.45. The molecule has 0 aromatic heterocycles. The van der Waals surface area contributed by atoms with Gasteiger partial charge >= 0.3 is 6.18 Å². The summed E-state index contributed by atoms with van der Waals surface area (Å²) >= 11 is 0. The molecule has 120 valence electrons. The number of halogens is 4. The van der Waals surface area contributed by atoms with Gasteiger partial charge in [0.2, 0.25) is 0 Å². The molecule has 0 saturated carbocycles. The van der Waals surface area contributed by atoms with E-state index in [2.05, 4.69) is 0 Å². The van der Waals surface area contributed by atoms with Crippen LogP contribution < -0.4 is 9.80 Å². The molecule has 0 spiro atoms. The third-order valence-electron chi connectivity index (χ3n) is 4.47. The van der Waals surface area contributed by atoms with E-state index >= 15 is 0 Å². The minimum atomic E-state index is -4.38. The largest absolute Gasteiger partial charge is 0.418 e. The van der Waals surface area contributed by atoms with Gasteiger partial charge in [0.25, 0.3) is 0 Å². The molecule has 0 amide bonds. The Labute approximate surface area is 130 Å². The Bertz CT molecular complexity index is 770. The second kappa shape index (κ2) is 4.88. The summed E-state index contributed by atoms with van der Waals surface area (Å²) in [5, 5.41) is 0. The molecule has 2 aromatic rings. The lowest BCUT2D eigenvalue weighted by molar-refractivity contribution is -0.137. The Morgan fingerprint density at radius 1 is 0.870 bits per heavy atom. The minimum Gasteiger partial charge on any atom is -0.349 e. The number of para-hydroxylation sites is 2. The van der Waals surface area contributed by atoms with Gasteiger partial charge in [0, 0.05) is 24.3 Å². The van der Waals surface area contributed by atoms with Crippen LogP contribution in [-0.2, 0) is 25.9 Å². The molecule has 0 unspecified atom stereocenters. The first kappa shape index (κ1) is 14.4. The van der Waals surface area contributed by atoms with Crippen molar-refractivity contribution in [3.05, 3.63) is 58.7 Å². The first-order chi connectivity index (χ1) is 11.0. The Morgan fingerprint density at radius 3 is 2.13 bits per heavy atom. The fourth-order valence-electron chi connectivity index (χ4n) is 3.62. The highest BCUT2D eigenvalue weighted by Gasteiger charge is 2.40. The summed E-state index contributed by atoms with van der Waals surface area (Å²) in [5.74, 6) is 0. The normalized spacial score (nSPS) is 16.2. The van der Waals surface area contributed by atoms with Gasteiger partial charge in [-0.15, -0.1) is 0 Å².